The first-order valence-corrected chi connectivity index (χ1v) is 5.55. The summed E-state index contributed by atoms with van der Waals surface area (Å²) in [6.45, 7) is 1.18. The van der Waals surface area contributed by atoms with Crippen LogP contribution in [-0.2, 0) is 9.59 Å². The van der Waals surface area contributed by atoms with E-state index < -0.39 is 24.4 Å². The van der Waals surface area contributed by atoms with Crippen molar-refractivity contribution in [1.82, 2.24) is 0 Å². The minimum Gasteiger partial charge on any atom is -0.480 e. The van der Waals surface area contributed by atoms with Gasteiger partial charge in [-0.05, 0) is 19.1 Å². The van der Waals surface area contributed by atoms with Crippen molar-refractivity contribution in [1.29, 1.82) is 0 Å². The topological polar surface area (TPSA) is 87.1 Å². The van der Waals surface area contributed by atoms with Crippen LogP contribution in [0.5, 0.6) is 5.75 Å². The van der Waals surface area contributed by atoms with Crippen molar-refractivity contribution in [3.8, 4) is 5.75 Å². The molecule has 0 aliphatic carbocycles. The Morgan fingerprint density at radius 3 is 2.53 bits per heavy atom. The second kappa shape index (κ2) is 6.58. The number of carboxylic acids is 2. The molecule has 0 bridgehead atoms. The molecule has 104 valence electrons. The Balaban J connectivity index is 3.02. The van der Waals surface area contributed by atoms with E-state index >= 15 is 0 Å². The van der Waals surface area contributed by atoms with Gasteiger partial charge in [-0.15, -0.1) is 0 Å². The third kappa shape index (κ3) is 4.46. The average molecular weight is 271 g/mol. The van der Waals surface area contributed by atoms with Gasteiger partial charge in [0.1, 0.15) is 18.1 Å². The zero-order chi connectivity index (χ0) is 14.4. The van der Waals surface area contributed by atoms with Crippen LogP contribution in [-0.4, -0.2) is 41.8 Å². The lowest BCUT2D eigenvalue weighted by Gasteiger charge is -2.23. The minimum atomic E-state index is -1.20. The van der Waals surface area contributed by atoms with Crippen molar-refractivity contribution >= 4 is 17.6 Å². The zero-order valence-corrected chi connectivity index (χ0v) is 10.3. The summed E-state index contributed by atoms with van der Waals surface area (Å²) in [7, 11) is 0. The van der Waals surface area contributed by atoms with Crippen LogP contribution in [0.2, 0.25) is 0 Å². The first-order valence-electron chi connectivity index (χ1n) is 5.55. The fourth-order valence-corrected chi connectivity index (χ4v) is 1.53. The largest absolute Gasteiger partial charge is 0.480 e. The van der Waals surface area contributed by atoms with Gasteiger partial charge in [-0.25, -0.2) is 9.18 Å². The fourth-order valence-electron chi connectivity index (χ4n) is 1.53. The predicted molar refractivity (Wildman–Crippen MR) is 65.1 cm³/mol. The Kier molecular flexibility index (Phi) is 5.11. The average Bonchev–Trinajstić information content (AvgIpc) is 2.33. The second-order valence-corrected chi connectivity index (χ2v) is 3.70. The van der Waals surface area contributed by atoms with Crippen LogP contribution in [0.25, 0.3) is 0 Å². The number of anilines is 1. The highest BCUT2D eigenvalue weighted by Crippen LogP contribution is 2.29. The molecule has 0 unspecified atom stereocenters. The van der Waals surface area contributed by atoms with E-state index in [1.54, 1.807) is 6.92 Å². The number of ether oxygens (including phenoxy) is 1. The molecule has 0 spiro atoms. The van der Waals surface area contributed by atoms with E-state index in [0.29, 0.717) is 12.2 Å². The Morgan fingerprint density at radius 1 is 1.32 bits per heavy atom. The number of carboxylic acid groups (broad SMARTS) is 2. The monoisotopic (exact) mass is 271 g/mol. The molecule has 0 atom stereocenters. The number of likely N-dealkylation sites (N-methyl/N-ethyl adjacent to an activating group) is 1. The summed E-state index contributed by atoms with van der Waals surface area (Å²) in [6.07, 6.45) is 0. The summed E-state index contributed by atoms with van der Waals surface area (Å²) in [5.74, 6) is -2.83. The van der Waals surface area contributed by atoms with Crippen LogP contribution in [0.15, 0.2) is 18.2 Å². The molecule has 19 heavy (non-hydrogen) atoms. The molecule has 7 heteroatoms. The molecule has 0 heterocycles. The van der Waals surface area contributed by atoms with Gasteiger partial charge in [-0.3, -0.25) is 4.79 Å². The van der Waals surface area contributed by atoms with Gasteiger partial charge in [-0.2, -0.15) is 0 Å². The maximum atomic E-state index is 13.1. The highest BCUT2D eigenvalue weighted by Gasteiger charge is 2.15. The molecule has 0 saturated heterocycles. The number of rotatable bonds is 7. The van der Waals surface area contributed by atoms with Gasteiger partial charge in [0.05, 0.1) is 5.69 Å². The number of aliphatic carboxylic acids is 2. The third-order valence-corrected chi connectivity index (χ3v) is 2.32. The Labute approximate surface area is 109 Å². The highest BCUT2D eigenvalue weighted by atomic mass is 19.1. The number of nitrogens with zero attached hydrogens (tertiary/aromatic N) is 1. The van der Waals surface area contributed by atoms with Gasteiger partial charge in [0, 0.05) is 12.6 Å². The van der Waals surface area contributed by atoms with Crippen LogP contribution in [0.4, 0.5) is 10.1 Å². The highest BCUT2D eigenvalue weighted by molar-refractivity contribution is 5.75. The second-order valence-electron chi connectivity index (χ2n) is 3.70. The number of carbonyl (C=O) groups is 2. The maximum Gasteiger partial charge on any atom is 0.341 e. The first kappa shape index (κ1) is 14.7. The molecule has 0 aliphatic heterocycles. The molecule has 0 fully saturated rings. The lowest BCUT2D eigenvalue weighted by Crippen LogP contribution is -2.30. The molecule has 0 saturated carbocycles. The summed E-state index contributed by atoms with van der Waals surface area (Å²) in [5.41, 5.74) is 0.340. The summed E-state index contributed by atoms with van der Waals surface area (Å²) in [5, 5.41) is 17.3. The fraction of sp³-hybridized carbons (Fsp3) is 0.333. The van der Waals surface area contributed by atoms with Crippen molar-refractivity contribution < 1.29 is 28.9 Å². The van der Waals surface area contributed by atoms with Gasteiger partial charge in [-0.1, -0.05) is 0 Å². The smallest absolute Gasteiger partial charge is 0.341 e. The van der Waals surface area contributed by atoms with Crippen LogP contribution in [0, 0.1) is 5.82 Å². The van der Waals surface area contributed by atoms with Gasteiger partial charge in [0.25, 0.3) is 0 Å². The zero-order valence-electron chi connectivity index (χ0n) is 10.3. The Morgan fingerprint density at radius 2 is 2.00 bits per heavy atom. The van der Waals surface area contributed by atoms with Gasteiger partial charge >= 0.3 is 11.9 Å². The predicted octanol–water partition coefficient (Wildman–Crippen LogP) is 1.20. The summed E-state index contributed by atoms with van der Waals surface area (Å²) >= 11 is 0. The van der Waals surface area contributed by atoms with E-state index in [0.717, 1.165) is 12.1 Å². The van der Waals surface area contributed by atoms with Gasteiger partial charge in [0.2, 0.25) is 0 Å². The van der Waals surface area contributed by atoms with Crippen LogP contribution < -0.4 is 9.64 Å². The van der Waals surface area contributed by atoms with Crippen molar-refractivity contribution in [2.75, 3.05) is 24.6 Å². The molecule has 0 amide bonds. The van der Waals surface area contributed by atoms with Gasteiger partial charge in [0.15, 0.2) is 6.61 Å². The van der Waals surface area contributed by atoms with Crippen molar-refractivity contribution in [3.05, 3.63) is 24.0 Å². The normalized spacial score (nSPS) is 10.0. The molecule has 6 nitrogen and oxygen atoms in total. The Hall–Kier alpha value is -2.31. The summed E-state index contributed by atoms with van der Waals surface area (Å²) < 4.78 is 18.1. The van der Waals surface area contributed by atoms with Crippen LogP contribution >= 0.6 is 0 Å². The molecule has 0 aromatic heterocycles. The molecule has 1 aromatic carbocycles. The van der Waals surface area contributed by atoms with E-state index in [2.05, 4.69) is 0 Å². The van der Waals surface area contributed by atoms with E-state index in [1.165, 1.54) is 11.0 Å². The molecule has 0 radical (unpaired) electrons. The Bertz CT molecular complexity index is 477. The van der Waals surface area contributed by atoms with Crippen LogP contribution in [0.3, 0.4) is 0 Å². The minimum absolute atomic E-state index is 0.00509. The molecule has 1 rings (SSSR count). The summed E-state index contributed by atoms with van der Waals surface area (Å²) in [6, 6.07) is 3.55. The maximum absolute atomic E-state index is 13.1. The van der Waals surface area contributed by atoms with E-state index in [9.17, 15) is 14.0 Å². The molecular weight excluding hydrogens is 257 g/mol. The number of hydrogen-bond acceptors (Lipinski definition) is 4. The SMILES string of the molecule is CCN(CC(=O)O)c1ccc(F)cc1OCC(=O)O. The molecule has 0 aliphatic rings. The van der Waals surface area contributed by atoms with E-state index in [1.807, 2.05) is 0 Å². The van der Waals surface area contributed by atoms with E-state index in [4.69, 9.17) is 14.9 Å². The standard InChI is InChI=1S/C12H14FNO5/c1-2-14(6-11(15)16)9-4-3-8(13)5-10(9)19-7-12(17)18/h3-5H,2,6-7H2,1H3,(H,15,16)(H,17,18). The lowest BCUT2D eigenvalue weighted by molar-refractivity contribution is -0.139. The van der Waals surface area contributed by atoms with Crippen LogP contribution in [0.1, 0.15) is 6.92 Å². The first-order chi connectivity index (χ1) is 8.93. The summed E-state index contributed by atoms with van der Waals surface area (Å²) in [4.78, 5) is 22.6. The van der Waals surface area contributed by atoms with Crippen molar-refractivity contribution in [2.24, 2.45) is 0 Å². The lowest BCUT2D eigenvalue weighted by atomic mass is 10.2. The molecular formula is C12H14FNO5. The van der Waals surface area contributed by atoms with Gasteiger partial charge < -0.3 is 19.8 Å². The number of hydrogen-bond donors (Lipinski definition) is 2. The quantitative estimate of drug-likeness (QED) is 0.774. The molecule has 2 N–H and O–H groups in total. The van der Waals surface area contributed by atoms with E-state index in [-0.39, 0.29) is 12.3 Å². The third-order valence-electron chi connectivity index (χ3n) is 2.32. The van der Waals surface area contributed by atoms with Crippen molar-refractivity contribution in [2.45, 2.75) is 6.92 Å². The number of benzene rings is 1. The van der Waals surface area contributed by atoms with Crippen molar-refractivity contribution in [3.63, 3.8) is 0 Å². The molecule has 1 aromatic rings. The number of halogens is 1.